The van der Waals surface area contributed by atoms with Gasteiger partial charge in [0.1, 0.15) is 11.5 Å². The van der Waals surface area contributed by atoms with E-state index in [1.54, 1.807) is 6.20 Å². The first kappa shape index (κ1) is 13.7. The molecule has 0 unspecified atom stereocenters. The Labute approximate surface area is 114 Å². The van der Waals surface area contributed by atoms with Crippen LogP contribution >= 0.6 is 0 Å². The lowest BCUT2D eigenvalue weighted by molar-refractivity contribution is 0.254. The lowest BCUT2D eigenvalue weighted by Gasteiger charge is -2.12. The maximum atomic E-state index is 5.87. The smallest absolute Gasteiger partial charge is 0.232 e. The van der Waals surface area contributed by atoms with Crippen LogP contribution in [0.3, 0.4) is 0 Å². The van der Waals surface area contributed by atoms with Gasteiger partial charge in [0.15, 0.2) is 6.61 Å². The maximum Gasteiger partial charge on any atom is 0.232 e. The summed E-state index contributed by atoms with van der Waals surface area (Å²) in [5.74, 6) is 2.81. The Morgan fingerprint density at radius 3 is 2.47 bits per heavy atom. The van der Waals surface area contributed by atoms with Crippen molar-refractivity contribution in [2.45, 2.75) is 47.1 Å². The first-order chi connectivity index (χ1) is 8.99. The van der Waals surface area contributed by atoms with Crippen LogP contribution in [0.4, 0.5) is 0 Å². The highest BCUT2D eigenvalue weighted by Crippen LogP contribution is 2.26. The van der Waals surface area contributed by atoms with Crippen LogP contribution in [0.15, 0.2) is 22.7 Å². The number of rotatable bonds is 4. The zero-order chi connectivity index (χ0) is 14.0. The molecule has 1 aromatic heterocycles. The SMILES string of the molecule is Cc1ccc(C)c(OCc2ncc(C(C)C)o2)c1C. The molecule has 2 aromatic rings. The van der Waals surface area contributed by atoms with E-state index < -0.39 is 0 Å². The van der Waals surface area contributed by atoms with E-state index >= 15 is 0 Å². The van der Waals surface area contributed by atoms with Crippen LogP contribution in [0.5, 0.6) is 5.75 Å². The second kappa shape index (κ2) is 5.47. The fourth-order valence-corrected chi connectivity index (χ4v) is 1.94. The summed E-state index contributed by atoms with van der Waals surface area (Å²) in [4.78, 5) is 4.24. The van der Waals surface area contributed by atoms with Gasteiger partial charge < -0.3 is 9.15 Å². The van der Waals surface area contributed by atoms with E-state index in [9.17, 15) is 0 Å². The molecule has 0 aliphatic heterocycles. The zero-order valence-corrected chi connectivity index (χ0v) is 12.3. The molecule has 0 aliphatic carbocycles. The van der Waals surface area contributed by atoms with Crippen LogP contribution in [0, 0.1) is 20.8 Å². The van der Waals surface area contributed by atoms with Crippen molar-refractivity contribution in [2.24, 2.45) is 0 Å². The number of oxazole rings is 1. The van der Waals surface area contributed by atoms with Gasteiger partial charge in [0.2, 0.25) is 5.89 Å². The van der Waals surface area contributed by atoms with Gasteiger partial charge in [0.25, 0.3) is 0 Å². The molecular weight excluding hydrogens is 238 g/mol. The van der Waals surface area contributed by atoms with Gasteiger partial charge in [-0.3, -0.25) is 0 Å². The van der Waals surface area contributed by atoms with Crippen molar-refractivity contribution in [3.8, 4) is 5.75 Å². The number of nitrogens with zero attached hydrogens (tertiary/aromatic N) is 1. The number of aryl methyl sites for hydroxylation is 2. The topological polar surface area (TPSA) is 35.3 Å². The minimum absolute atomic E-state index is 0.351. The van der Waals surface area contributed by atoms with Crippen molar-refractivity contribution in [3.63, 3.8) is 0 Å². The normalized spacial score (nSPS) is 11.1. The molecule has 3 heteroatoms. The van der Waals surface area contributed by atoms with Crippen LogP contribution in [0.2, 0.25) is 0 Å². The minimum atomic E-state index is 0.351. The van der Waals surface area contributed by atoms with Crippen molar-refractivity contribution in [2.75, 3.05) is 0 Å². The maximum absolute atomic E-state index is 5.87. The van der Waals surface area contributed by atoms with Crippen LogP contribution in [0.1, 0.15) is 48.1 Å². The highest BCUT2D eigenvalue weighted by Gasteiger charge is 2.10. The Bertz CT molecular complexity index is 570. The minimum Gasteiger partial charge on any atom is -0.483 e. The van der Waals surface area contributed by atoms with Gasteiger partial charge in [-0.1, -0.05) is 26.0 Å². The third kappa shape index (κ3) is 2.98. The largest absolute Gasteiger partial charge is 0.483 e. The van der Waals surface area contributed by atoms with Gasteiger partial charge >= 0.3 is 0 Å². The molecule has 3 nitrogen and oxygen atoms in total. The van der Waals surface area contributed by atoms with Gasteiger partial charge in [-0.2, -0.15) is 0 Å². The van der Waals surface area contributed by atoms with Crippen LogP contribution in [0.25, 0.3) is 0 Å². The Balaban J connectivity index is 2.12. The number of aromatic nitrogens is 1. The van der Waals surface area contributed by atoms with Crippen molar-refractivity contribution in [1.29, 1.82) is 0 Å². The zero-order valence-electron chi connectivity index (χ0n) is 12.3. The number of benzene rings is 1. The monoisotopic (exact) mass is 259 g/mol. The molecular formula is C16H21NO2. The lowest BCUT2D eigenvalue weighted by Crippen LogP contribution is -2.00. The second-order valence-corrected chi connectivity index (χ2v) is 5.25. The van der Waals surface area contributed by atoms with Crippen molar-refractivity contribution in [3.05, 3.63) is 46.7 Å². The summed E-state index contributed by atoms with van der Waals surface area (Å²) >= 11 is 0. The van der Waals surface area contributed by atoms with E-state index in [4.69, 9.17) is 9.15 Å². The highest BCUT2D eigenvalue weighted by atomic mass is 16.5. The number of hydrogen-bond donors (Lipinski definition) is 0. The summed E-state index contributed by atoms with van der Waals surface area (Å²) < 4.78 is 11.5. The van der Waals surface area contributed by atoms with E-state index in [1.807, 2.05) is 0 Å². The second-order valence-electron chi connectivity index (χ2n) is 5.25. The van der Waals surface area contributed by atoms with Gasteiger partial charge in [-0.15, -0.1) is 0 Å². The fourth-order valence-electron chi connectivity index (χ4n) is 1.94. The summed E-state index contributed by atoms with van der Waals surface area (Å²) in [7, 11) is 0. The molecule has 0 radical (unpaired) electrons. The van der Waals surface area contributed by atoms with E-state index in [0.717, 1.165) is 17.1 Å². The van der Waals surface area contributed by atoms with E-state index in [2.05, 4.69) is 51.7 Å². The molecule has 0 aliphatic rings. The van der Waals surface area contributed by atoms with Crippen molar-refractivity contribution < 1.29 is 9.15 Å². The Morgan fingerprint density at radius 1 is 1.16 bits per heavy atom. The number of hydrogen-bond acceptors (Lipinski definition) is 3. The van der Waals surface area contributed by atoms with Crippen molar-refractivity contribution in [1.82, 2.24) is 4.98 Å². The van der Waals surface area contributed by atoms with Crippen molar-refractivity contribution >= 4 is 0 Å². The summed E-state index contributed by atoms with van der Waals surface area (Å²) in [6.07, 6.45) is 1.78. The van der Waals surface area contributed by atoms with E-state index in [0.29, 0.717) is 18.4 Å². The molecule has 2 rings (SSSR count). The van der Waals surface area contributed by atoms with Gasteiger partial charge in [-0.05, 0) is 37.5 Å². The molecule has 0 N–H and O–H groups in total. The molecule has 0 atom stereocenters. The van der Waals surface area contributed by atoms with Crippen LogP contribution in [-0.4, -0.2) is 4.98 Å². The van der Waals surface area contributed by atoms with E-state index in [1.165, 1.54) is 11.1 Å². The molecule has 0 saturated heterocycles. The first-order valence-corrected chi connectivity index (χ1v) is 6.63. The van der Waals surface area contributed by atoms with Gasteiger partial charge in [0, 0.05) is 5.92 Å². The molecule has 0 spiro atoms. The third-order valence-electron chi connectivity index (χ3n) is 3.35. The predicted molar refractivity (Wildman–Crippen MR) is 75.6 cm³/mol. The third-order valence-corrected chi connectivity index (χ3v) is 3.35. The average molecular weight is 259 g/mol. The molecule has 0 bridgehead atoms. The van der Waals surface area contributed by atoms with Gasteiger partial charge in [0.05, 0.1) is 6.20 Å². The lowest BCUT2D eigenvalue weighted by atomic mass is 10.1. The van der Waals surface area contributed by atoms with Gasteiger partial charge in [-0.25, -0.2) is 4.98 Å². The highest BCUT2D eigenvalue weighted by molar-refractivity contribution is 5.44. The summed E-state index contributed by atoms with van der Waals surface area (Å²) in [5.41, 5.74) is 3.55. The standard InChI is InChI=1S/C16H21NO2/c1-10(2)14-8-17-15(19-14)9-18-16-12(4)7-6-11(3)13(16)5/h6-8,10H,9H2,1-5H3. The summed E-state index contributed by atoms with van der Waals surface area (Å²) in [6.45, 7) is 10.8. The molecule has 1 heterocycles. The fraction of sp³-hybridized carbons (Fsp3) is 0.438. The summed E-state index contributed by atoms with van der Waals surface area (Å²) in [6, 6.07) is 4.19. The molecule has 0 fully saturated rings. The quantitative estimate of drug-likeness (QED) is 0.821. The Morgan fingerprint density at radius 2 is 1.84 bits per heavy atom. The van der Waals surface area contributed by atoms with Crippen LogP contribution < -0.4 is 4.74 Å². The molecule has 0 saturated carbocycles. The first-order valence-electron chi connectivity index (χ1n) is 6.63. The van der Waals surface area contributed by atoms with Crippen LogP contribution in [-0.2, 0) is 6.61 Å². The predicted octanol–water partition coefficient (Wildman–Crippen LogP) is 4.30. The average Bonchev–Trinajstić information content (AvgIpc) is 2.83. The molecule has 19 heavy (non-hydrogen) atoms. The summed E-state index contributed by atoms with van der Waals surface area (Å²) in [5, 5.41) is 0. The van der Waals surface area contributed by atoms with E-state index in [-0.39, 0.29) is 0 Å². The molecule has 102 valence electrons. The number of ether oxygens (including phenoxy) is 1. The Hall–Kier alpha value is -1.77. The molecule has 0 amide bonds. The Kier molecular flexibility index (Phi) is 3.93. The molecule has 1 aromatic carbocycles.